The van der Waals surface area contributed by atoms with Gasteiger partial charge in [-0.15, -0.1) is 0 Å². The Morgan fingerprint density at radius 2 is 2.38 bits per heavy atom. The number of rotatable bonds is 6. The molecule has 94 valence electrons. The zero-order valence-corrected chi connectivity index (χ0v) is 11.0. The minimum absolute atomic E-state index is 0.0890. The van der Waals surface area contributed by atoms with Crippen molar-refractivity contribution in [2.75, 3.05) is 39.5 Å². The van der Waals surface area contributed by atoms with Gasteiger partial charge in [-0.1, -0.05) is 26.1 Å². The molecule has 1 atom stereocenters. The van der Waals surface area contributed by atoms with Crippen LogP contribution in [0, 0.1) is 5.92 Å². The van der Waals surface area contributed by atoms with Crippen LogP contribution >= 0.6 is 12.2 Å². The monoisotopic (exact) mass is 246 g/mol. The van der Waals surface area contributed by atoms with E-state index in [0.29, 0.717) is 17.5 Å². The van der Waals surface area contributed by atoms with Gasteiger partial charge in [0, 0.05) is 26.2 Å². The molecule has 16 heavy (non-hydrogen) atoms. The van der Waals surface area contributed by atoms with Gasteiger partial charge in [0.05, 0.1) is 13.2 Å². The second-order valence-electron chi connectivity index (χ2n) is 4.53. The molecule has 4 nitrogen and oxygen atoms in total. The van der Waals surface area contributed by atoms with E-state index in [0.717, 1.165) is 32.8 Å². The Labute approximate surface area is 103 Å². The molecule has 1 aliphatic rings. The van der Waals surface area contributed by atoms with Gasteiger partial charge < -0.3 is 15.2 Å². The van der Waals surface area contributed by atoms with Crippen molar-refractivity contribution in [2.24, 2.45) is 11.7 Å². The van der Waals surface area contributed by atoms with Crippen molar-refractivity contribution < 1.29 is 9.47 Å². The van der Waals surface area contributed by atoms with Gasteiger partial charge in [0.15, 0.2) is 0 Å². The van der Waals surface area contributed by atoms with Gasteiger partial charge in [-0.2, -0.15) is 0 Å². The van der Waals surface area contributed by atoms with E-state index >= 15 is 0 Å². The molecule has 0 aromatic heterocycles. The molecule has 0 amide bonds. The Morgan fingerprint density at radius 1 is 1.62 bits per heavy atom. The Kier molecular flexibility index (Phi) is 6.20. The molecule has 1 fully saturated rings. The van der Waals surface area contributed by atoms with Gasteiger partial charge >= 0.3 is 0 Å². The molecular weight excluding hydrogens is 224 g/mol. The normalized spacial score (nSPS) is 22.6. The Balaban J connectivity index is 2.14. The lowest BCUT2D eigenvalue weighted by Gasteiger charge is -2.32. The summed E-state index contributed by atoms with van der Waals surface area (Å²) >= 11 is 4.93. The fourth-order valence-electron chi connectivity index (χ4n) is 1.59. The van der Waals surface area contributed by atoms with Crippen molar-refractivity contribution in [3.8, 4) is 0 Å². The predicted octanol–water partition coefficient (Wildman–Crippen LogP) is 0.646. The third-order valence-electron chi connectivity index (χ3n) is 2.47. The van der Waals surface area contributed by atoms with E-state index in [-0.39, 0.29) is 6.10 Å². The molecule has 1 unspecified atom stereocenters. The van der Waals surface area contributed by atoms with Crippen LogP contribution in [-0.2, 0) is 9.47 Å². The molecule has 1 heterocycles. The average molecular weight is 246 g/mol. The number of hydrogen-bond donors (Lipinski definition) is 1. The average Bonchev–Trinajstić information content (AvgIpc) is 2.24. The number of hydrogen-bond acceptors (Lipinski definition) is 4. The lowest BCUT2D eigenvalue weighted by molar-refractivity contribution is -0.00660. The van der Waals surface area contributed by atoms with Crippen LogP contribution in [-0.4, -0.2) is 55.4 Å². The van der Waals surface area contributed by atoms with E-state index in [1.54, 1.807) is 0 Å². The Hall–Kier alpha value is -0.230. The first kappa shape index (κ1) is 13.8. The molecule has 1 aliphatic heterocycles. The molecule has 1 rings (SSSR count). The van der Waals surface area contributed by atoms with Crippen molar-refractivity contribution in [1.29, 1.82) is 0 Å². The molecule has 0 aromatic carbocycles. The minimum Gasteiger partial charge on any atom is -0.391 e. The quantitative estimate of drug-likeness (QED) is 0.551. The molecular formula is C11H22N2O2S. The number of ether oxygens (including phenoxy) is 2. The summed E-state index contributed by atoms with van der Waals surface area (Å²) in [5.74, 6) is 0.592. The lowest BCUT2D eigenvalue weighted by Crippen LogP contribution is -2.48. The zero-order valence-electron chi connectivity index (χ0n) is 10.1. The van der Waals surface area contributed by atoms with Crippen molar-refractivity contribution in [2.45, 2.75) is 20.0 Å². The summed E-state index contributed by atoms with van der Waals surface area (Å²) < 4.78 is 11.0. The Morgan fingerprint density at radius 3 is 3.00 bits per heavy atom. The SMILES string of the molecule is CC(C)COCCN1CCOC(C(N)=S)C1. The largest absolute Gasteiger partial charge is 0.391 e. The number of nitrogens with zero attached hydrogens (tertiary/aromatic N) is 1. The maximum atomic E-state index is 5.57. The van der Waals surface area contributed by atoms with Crippen LogP contribution in [0.15, 0.2) is 0 Å². The lowest BCUT2D eigenvalue weighted by atomic mass is 10.2. The fourth-order valence-corrected chi connectivity index (χ4v) is 1.73. The van der Waals surface area contributed by atoms with Gasteiger partial charge in [0.25, 0.3) is 0 Å². The maximum absolute atomic E-state index is 5.57. The smallest absolute Gasteiger partial charge is 0.120 e. The van der Waals surface area contributed by atoms with Crippen LogP contribution in [0.25, 0.3) is 0 Å². The highest BCUT2D eigenvalue weighted by Gasteiger charge is 2.21. The summed E-state index contributed by atoms with van der Waals surface area (Å²) in [7, 11) is 0. The highest BCUT2D eigenvalue weighted by atomic mass is 32.1. The number of morpholine rings is 1. The Bertz CT molecular complexity index is 224. The van der Waals surface area contributed by atoms with Gasteiger partial charge in [-0.25, -0.2) is 0 Å². The molecule has 0 aromatic rings. The van der Waals surface area contributed by atoms with E-state index < -0.39 is 0 Å². The second kappa shape index (κ2) is 7.17. The van der Waals surface area contributed by atoms with Crippen LogP contribution in [0.2, 0.25) is 0 Å². The molecule has 0 saturated carbocycles. The maximum Gasteiger partial charge on any atom is 0.120 e. The van der Waals surface area contributed by atoms with Crippen LogP contribution < -0.4 is 5.73 Å². The summed E-state index contributed by atoms with van der Waals surface area (Å²) in [6.45, 7) is 9.24. The van der Waals surface area contributed by atoms with Crippen molar-refractivity contribution in [3.63, 3.8) is 0 Å². The standard InChI is InChI=1S/C11H22N2O2S/c1-9(2)8-14-5-3-13-4-6-15-10(7-13)11(12)16/h9-10H,3-8H2,1-2H3,(H2,12,16). The zero-order chi connectivity index (χ0) is 12.0. The first-order valence-electron chi connectivity index (χ1n) is 5.80. The van der Waals surface area contributed by atoms with Crippen LogP contribution in [0.1, 0.15) is 13.8 Å². The molecule has 1 saturated heterocycles. The van der Waals surface area contributed by atoms with Crippen LogP contribution in [0.3, 0.4) is 0 Å². The van der Waals surface area contributed by atoms with E-state index in [9.17, 15) is 0 Å². The minimum atomic E-state index is -0.0890. The van der Waals surface area contributed by atoms with Crippen molar-refractivity contribution >= 4 is 17.2 Å². The number of nitrogens with two attached hydrogens (primary N) is 1. The molecule has 0 aliphatic carbocycles. The van der Waals surface area contributed by atoms with Gasteiger partial charge in [-0.05, 0) is 5.92 Å². The topological polar surface area (TPSA) is 47.7 Å². The van der Waals surface area contributed by atoms with Crippen molar-refractivity contribution in [3.05, 3.63) is 0 Å². The third-order valence-corrected chi connectivity index (χ3v) is 2.73. The first-order chi connectivity index (χ1) is 7.59. The van der Waals surface area contributed by atoms with Gasteiger partial charge in [0.1, 0.15) is 11.1 Å². The fraction of sp³-hybridized carbons (Fsp3) is 0.909. The first-order valence-corrected chi connectivity index (χ1v) is 6.21. The van der Waals surface area contributed by atoms with Gasteiger partial charge in [-0.3, -0.25) is 4.90 Å². The summed E-state index contributed by atoms with van der Waals surface area (Å²) in [4.78, 5) is 2.74. The van der Waals surface area contributed by atoms with E-state index in [2.05, 4.69) is 18.7 Å². The summed E-state index contributed by atoms with van der Waals surface area (Å²) in [6, 6.07) is 0. The van der Waals surface area contributed by atoms with Crippen LogP contribution in [0.4, 0.5) is 0 Å². The predicted molar refractivity (Wildman–Crippen MR) is 68.6 cm³/mol. The van der Waals surface area contributed by atoms with Crippen LogP contribution in [0.5, 0.6) is 0 Å². The highest BCUT2D eigenvalue weighted by molar-refractivity contribution is 7.80. The molecule has 0 bridgehead atoms. The van der Waals surface area contributed by atoms with Crippen molar-refractivity contribution in [1.82, 2.24) is 4.90 Å². The number of thiocarbonyl (C=S) groups is 1. The molecule has 0 spiro atoms. The second-order valence-corrected chi connectivity index (χ2v) is 5.00. The third kappa shape index (κ3) is 5.21. The summed E-state index contributed by atoms with van der Waals surface area (Å²) in [5, 5.41) is 0. The van der Waals surface area contributed by atoms with E-state index in [1.165, 1.54) is 0 Å². The highest BCUT2D eigenvalue weighted by Crippen LogP contribution is 2.05. The van der Waals surface area contributed by atoms with E-state index in [1.807, 2.05) is 0 Å². The van der Waals surface area contributed by atoms with E-state index in [4.69, 9.17) is 27.4 Å². The summed E-state index contributed by atoms with van der Waals surface area (Å²) in [6.07, 6.45) is -0.0890. The molecule has 5 heteroatoms. The summed E-state index contributed by atoms with van der Waals surface area (Å²) in [5.41, 5.74) is 5.57. The van der Waals surface area contributed by atoms with Gasteiger partial charge in [0.2, 0.25) is 0 Å². The molecule has 2 N–H and O–H groups in total. The molecule has 0 radical (unpaired) electrons.